The third-order valence-electron chi connectivity index (χ3n) is 6.46. The average molecular weight is 469 g/mol. The summed E-state index contributed by atoms with van der Waals surface area (Å²) in [5, 5.41) is 6.28. The molecular formula is C26H32N2O6. The van der Waals surface area contributed by atoms with Gasteiger partial charge in [-0.1, -0.05) is 6.07 Å². The molecule has 1 fully saturated rings. The van der Waals surface area contributed by atoms with E-state index in [9.17, 15) is 9.59 Å². The van der Waals surface area contributed by atoms with Crippen LogP contribution in [-0.2, 0) is 16.0 Å². The minimum Gasteiger partial charge on any atom is -0.493 e. The Morgan fingerprint density at radius 1 is 1.09 bits per heavy atom. The highest BCUT2D eigenvalue weighted by molar-refractivity contribution is 5.83. The summed E-state index contributed by atoms with van der Waals surface area (Å²) in [6.45, 7) is 2.82. The molecule has 2 N–H and O–H groups in total. The summed E-state index contributed by atoms with van der Waals surface area (Å²) in [6, 6.07) is 6.96. The van der Waals surface area contributed by atoms with Crippen molar-refractivity contribution in [2.45, 2.75) is 44.8 Å². The molecule has 2 aromatic rings. The second-order valence-corrected chi connectivity index (χ2v) is 8.61. The highest BCUT2D eigenvalue weighted by Gasteiger charge is 2.29. The summed E-state index contributed by atoms with van der Waals surface area (Å²) in [7, 11) is 4.74. The number of fused-ring (bicyclic) bond motifs is 3. The Morgan fingerprint density at radius 3 is 2.53 bits per heavy atom. The lowest BCUT2D eigenvalue weighted by atomic mass is 9.95. The maximum Gasteiger partial charge on any atom is 0.217 e. The molecule has 0 unspecified atom stereocenters. The summed E-state index contributed by atoms with van der Waals surface area (Å²) in [4.78, 5) is 25.3. The predicted octanol–water partition coefficient (Wildman–Crippen LogP) is 3.45. The Kier molecular flexibility index (Phi) is 7.26. The molecule has 2 aromatic carbocycles. The Morgan fingerprint density at radius 2 is 1.88 bits per heavy atom. The zero-order valence-corrected chi connectivity index (χ0v) is 20.2. The summed E-state index contributed by atoms with van der Waals surface area (Å²) in [5.41, 5.74) is 3.74. The summed E-state index contributed by atoms with van der Waals surface area (Å²) in [5.74, 6) is 1.44. The van der Waals surface area contributed by atoms with E-state index in [2.05, 4.69) is 10.6 Å². The predicted molar refractivity (Wildman–Crippen MR) is 130 cm³/mol. The van der Waals surface area contributed by atoms with E-state index in [4.69, 9.17) is 18.9 Å². The highest BCUT2D eigenvalue weighted by atomic mass is 16.5. The van der Waals surface area contributed by atoms with Gasteiger partial charge in [-0.15, -0.1) is 0 Å². The lowest BCUT2D eigenvalue weighted by Gasteiger charge is -2.19. The molecule has 8 heteroatoms. The SMILES string of the molecule is COc1cc2c(c(OC)c1OC)-c1ccc(NC[C@@H]3CCCO3)c(=O)cc1[C@@H](NC(C)=O)CC2. The Bertz CT molecular complexity index is 1130. The van der Waals surface area contributed by atoms with Gasteiger partial charge in [-0.25, -0.2) is 0 Å². The Balaban J connectivity index is 1.89. The molecular weight excluding hydrogens is 436 g/mol. The molecule has 8 nitrogen and oxygen atoms in total. The van der Waals surface area contributed by atoms with Crippen LogP contribution in [0.1, 0.15) is 43.4 Å². The first-order valence-electron chi connectivity index (χ1n) is 11.6. The smallest absolute Gasteiger partial charge is 0.217 e. The van der Waals surface area contributed by atoms with Crippen LogP contribution in [0.4, 0.5) is 5.69 Å². The van der Waals surface area contributed by atoms with Gasteiger partial charge >= 0.3 is 0 Å². The number of aryl methyl sites for hydroxylation is 1. The van der Waals surface area contributed by atoms with Gasteiger partial charge in [0.2, 0.25) is 17.1 Å². The lowest BCUT2D eigenvalue weighted by molar-refractivity contribution is -0.119. The number of ether oxygens (including phenoxy) is 4. The van der Waals surface area contributed by atoms with Crippen LogP contribution in [-0.4, -0.2) is 46.5 Å². The monoisotopic (exact) mass is 468 g/mol. The normalized spacial score (nSPS) is 18.8. The van der Waals surface area contributed by atoms with Crippen molar-refractivity contribution < 1.29 is 23.7 Å². The molecule has 2 atom stereocenters. The summed E-state index contributed by atoms with van der Waals surface area (Å²) in [6.07, 6.45) is 3.40. The first-order valence-corrected chi connectivity index (χ1v) is 11.6. The molecule has 1 amide bonds. The number of amides is 1. The van der Waals surface area contributed by atoms with Gasteiger partial charge in [-0.2, -0.15) is 0 Å². The minimum absolute atomic E-state index is 0.104. The van der Waals surface area contributed by atoms with E-state index in [-0.39, 0.29) is 23.5 Å². The van der Waals surface area contributed by atoms with Crippen molar-refractivity contribution in [1.82, 2.24) is 5.32 Å². The zero-order chi connectivity index (χ0) is 24.2. The number of nitrogens with one attached hydrogen (secondary N) is 2. The number of hydrogen-bond donors (Lipinski definition) is 2. The molecule has 34 heavy (non-hydrogen) atoms. The third kappa shape index (κ3) is 4.68. The van der Waals surface area contributed by atoms with Gasteiger partial charge in [0.1, 0.15) is 0 Å². The van der Waals surface area contributed by atoms with Crippen molar-refractivity contribution in [1.29, 1.82) is 0 Å². The fourth-order valence-electron chi connectivity index (χ4n) is 4.88. The molecule has 1 aliphatic heterocycles. The average Bonchev–Trinajstić information content (AvgIpc) is 3.24. The number of benzene rings is 1. The highest BCUT2D eigenvalue weighted by Crippen LogP contribution is 2.50. The molecule has 0 spiro atoms. The first-order chi connectivity index (χ1) is 16.5. The largest absolute Gasteiger partial charge is 0.493 e. The van der Waals surface area contributed by atoms with Crippen LogP contribution in [0.3, 0.4) is 0 Å². The van der Waals surface area contributed by atoms with Crippen LogP contribution in [0.15, 0.2) is 29.1 Å². The van der Waals surface area contributed by atoms with Crippen molar-refractivity contribution in [3.63, 3.8) is 0 Å². The second-order valence-electron chi connectivity index (χ2n) is 8.61. The molecule has 4 rings (SSSR count). The Labute approximate surface area is 199 Å². The number of carbonyl (C=O) groups is 1. The molecule has 182 valence electrons. The standard InChI is InChI=1S/C26H32N2O6/c1-15(29)28-20-9-7-16-12-23(31-2)25(32-3)26(33-4)24(16)18-8-10-21(22(30)13-19(18)20)27-14-17-6-5-11-34-17/h8,10,12-13,17,20H,5-7,9,11,14H2,1-4H3,(H,27,30)(H,28,29)/t17-,20-/m0/s1. The van der Waals surface area contributed by atoms with Crippen LogP contribution in [0, 0.1) is 0 Å². The maximum atomic E-state index is 13.2. The minimum atomic E-state index is -0.326. The van der Waals surface area contributed by atoms with Crippen molar-refractivity contribution in [3.8, 4) is 28.4 Å². The van der Waals surface area contributed by atoms with Gasteiger partial charge < -0.3 is 29.6 Å². The quantitative estimate of drug-likeness (QED) is 0.643. The summed E-state index contributed by atoms with van der Waals surface area (Å²) < 4.78 is 22.7. The fourth-order valence-corrected chi connectivity index (χ4v) is 4.88. The third-order valence-corrected chi connectivity index (χ3v) is 6.46. The number of hydrogen-bond acceptors (Lipinski definition) is 7. The van der Waals surface area contributed by atoms with Gasteiger partial charge in [-0.05, 0) is 60.6 Å². The Hall–Kier alpha value is -3.26. The van der Waals surface area contributed by atoms with E-state index in [1.54, 1.807) is 33.5 Å². The van der Waals surface area contributed by atoms with E-state index in [1.165, 1.54) is 6.92 Å². The van der Waals surface area contributed by atoms with Crippen LogP contribution >= 0.6 is 0 Å². The lowest BCUT2D eigenvalue weighted by Crippen LogP contribution is -2.26. The first kappa shape index (κ1) is 23.9. The maximum absolute atomic E-state index is 13.2. The number of methoxy groups -OCH3 is 3. The number of anilines is 1. The molecule has 0 bridgehead atoms. The second kappa shape index (κ2) is 10.3. The zero-order valence-electron chi connectivity index (χ0n) is 20.2. The van der Waals surface area contributed by atoms with Crippen molar-refractivity contribution in [2.24, 2.45) is 0 Å². The molecule has 0 radical (unpaired) electrons. The topological polar surface area (TPSA) is 95.1 Å². The fraction of sp³-hybridized carbons (Fsp3) is 0.462. The van der Waals surface area contributed by atoms with Gasteiger partial charge in [0.05, 0.1) is 39.2 Å². The van der Waals surface area contributed by atoms with E-state index in [0.717, 1.165) is 41.7 Å². The van der Waals surface area contributed by atoms with Gasteiger partial charge in [0.25, 0.3) is 0 Å². The van der Waals surface area contributed by atoms with Crippen LogP contribution in [0.5, 0.6) is 17.2 Å². The van der Waals surface area contributed by atoms with Crippen LogP contribution in [0.2, 0.25) is 0 Å². The van der Waals surface area contributed by atoms with Crippen LogP contribution < -0.4 is 30.3 Å². The van der Waals surface area contributed by atoms with Crippen molar-refractivity contribution >= 4 is 11.6 Å². The van der Waals surface area contributed by atoms with Gasteiger partial charge in [0, 0.05) is 25.6 Å². The number of rotatable bonds is 7. The molecule has 0 aromatic heterocycles. The van der Waals surface area contributed by atoms with Gasteiger partial charge in [-0.3, -0.25) is 9.59 Å². The molecule has 0 saturated carbocycles. The van der Waals surface area contributed by atoms with Gasteiger partial charge in [0.15, 0.2) is 11.5 Å². The van der Waals surface area contributed by atoms with E-state index in [0.29, 0.717) is 42.3 Å². The molecule has 1 aliphatic carbocycles. The van der Waals surface area contributed by atoms with E-state index in [1.807, 2.05) is 12.1 Å². The van der Waals surface area contributed by atoms with Crippen molar-refractivity contribution in [3.05, 3.63) is 45.6 Å². The van der Waals surface area contributed by atoms with E-state index < -0.39 is 0 Å². The van der Waals surface area contributed by atoms with E-state index >= 15 is 0 Å². The molecule has 2 aliphatic rings. The van der Waals surface area contributed by atoms with Crippen molar-refractivity contribution in [2.75, 3.05) is 39.8 Å². The van der Waals surface area contributed by atoms with Crippen LogP contribution in [0.25, 0.3) is 11.1 Å². The molecule has 1 saturated heterocycles. The molecule has 1 heterocycles. The number of carbonyl (C=O) groups excluding carboxylic acids is 1. The summed E-state index contributed by atoms with van der Waals surface area (Å²) >= 11 is 0.